The number of rotatable bonds is 11. The lowest BCUT2D eigenvalue weighted by atomic mass is 10.1. The molecule has 2 heterocycles. The number of methoxy groups -OCH3 is 1. The largest absolute Gasteiger partial charge is 0.462 e. The van der Waals surface area contributed by atoms with Crippen molar-refractivity contribution in [1.82, 2.24) is 9.88 Å². The fourth-order valence-corrected chi connectivity index (χ4v) is 4.67. The number of esters is 1. The van der Waals surface area contributed by atoms with Crippen molar-refractivity contribution in [1.29, 1.82) is 0 Å². The zero-order valence-electron chi connectivity index (χ0n) is 22.4. The van der Waals surface area contributed by atoms with E-state index in [-0.39, 0.29) is 23.9 Å². The normalized spacial score (nSPS) is 17.5. The average Bonchev–Trinajstić information content (AvgIpc) is 3.18. The van der Waals surface area contributed by atoms with Gasteiger partial charge in [-0.25, -0.2) is 0 Å². The van der Waals surface area contributed by atoms with Crippen LogP contribution in [0.1, 0.15) is 57.0 Å². The molecule has 1 aromatic carbocycles. The van der Waals surface area contributed by atoms with Crippen LogP contribution in [-0.4, -0.2) is 53.7 Å². The second-order valence-corrected chi connectivity index (χ2v) is 9.78. The van der Waals surface area contributed by atoms with Gasteiger partial charge in [0.1, 0.15) is 12.2 Å². The Hall–Kier alpha value is -2.88. The van der Waals surface area contributed by atoms with Crippen molar-refractivity contribution in [2.75, 3.05) is 23.9 Å². The topological polar surface area (TPSA) is 105 Å². The standard InChI is InChI=1S/C27H40N4O5/c1-8-21(15-35-7)31-23-10-9-19(13-28-24(18(5)32)27(34)36-16(2)3)12-22(23)29-25(31)20-11-17(4)26(33)30(6)14-20/h9-12,14,16,18,21,24-25,28-29,32H,8,13,15H2,1-7H3. The number of anilines is 2. The van der Waals surface area contributed by atoms with E-state index in [1.165, 1.54) is 0 Å². The molecule has 2 aromatic rings. The lowest BCUT2D eigenvalue weighted by Crippen LogP contribution is -2.46. The number of benzene rings is 1. The number of hydrogen-bond acceptors (Lipinski definition) is 8. The third-order valence-electron chi connectivity index (χ3n) is 6.45. The molecule has 0 aliphatic carbocycles. The van der Waals surface area contributed by atoms with Crippen LogP contribution in [0.3, 0.4) is 0 Å². The molecule has 1 aromatic heterocycles. The summed E-state index contributed by atoms with van der Waals surface area (Å²) in [5.74, 6) is -0.471. The Morgan fingerprint density at radius 1 is 1.25 bits per heavy atom. The van der Waals surface area contributed by atoms with E-state index in [2.05, 4.69) is 34.6 Å². The fraction of sp³-hybridized carbons (Fsp3) is 0.556. The fourth-order valence-electron chi connectivity index (χ4n) is 4.67. The summed E-state index contributed by atoms with van der Waals surface area (Å²) in [6.45, 7) is 10.1. The van der Waals surface area contributed by atoms with Crippen molar-refractivity contribution in [3.8, 4) is 0 Å². The second-order valence-electron chi connectivity index (χ2n) is 9.78. The lowest BCUT2D eigenvalue weighted by Gasteiger charge is -2.34. The van der Waals surface area contributed by atoms with E-state index < -0.39 is 18.1 Å². The zero-order valence-corrected chi connectivity index (χ0v) is 22.4. The van der Waals surface area contributed by atoms with Crippen molar-refractivity contribution in [3.63, 3.8) is 0 Å². The minimum atomic E-state index is -0.893. The minimum absolute atomic E-state index is 0.0123. The molecule has 9 nitrogen and oxygen atoms in total. The Morgan fingerprint density at radius 3 is 2.56 bits per heavy atom. The van der Waals surface area contributed by atoms with Gasteiger partial charge in [-0.1, -0.05) is 13.0 Å². The summed E-state index contributed by atoms with van der Waals surface area (Å²) in [6, 6.07) is 7.38. The van der Waals surface area contributed by atoms with Crippen molar-refractivity contribution in [3.05, 3.63) is 57.5 Å². The highest BCUT2D eigenvalue weighted by atomic mass is 16.5. The van der Waals surface area contributed by atoms with Crippen LogP contribution in [0.2, 0.25) is 0 Å². The smallest absolute Gasteiger partial charge is 0.326 e. The number of aliphatic hydroxyl groups is 1. The van der Waals surface area contributed by atoms with Crippen LogP contribution >= 0.6 is 0 Å². The summed E-state index contributed by atoms with van der Waals surface area (Å²) in [5, 5.41) is 16.9. The van der Waals surface area contributed by atoms with Gasteiger partial charge in [0.05, 0.1) is 36.2 Å². The Kier molecular flexibility index (Phi) is 9.16. The van der Waals surface area contributed by atoms with Crippen molar-refractivity contribution < 1.29 is 19.4 Å². The first-order valence-corrected chi connectivity index (χ1v) is 12.5. The van der Waals surface area contributed by atoms with Gasteiger partial charge in [-0.15, -0.1) is 0 Å². The number of aromatic nitrogens is 1. The number of hydrogen-bond donors (Lipinski definition) is 3. The third-order valence-corrected chi connectivity index (χ3v) is 6.45. The molecule has 198 valence electrons. The Labute approximate surface area is 213 Å². The van der Waals surface area contributed by atoms with E-state index in [0.29, 0.717) is 18.7 Å². The third kappa shape index (κ3) is 6.08. The van der Waals surface area contributed by atoms with Gasteiger partial charge in [0, 0.05) is 38.0 Å². The number of nitrogens with one attached hydrogen (secondary N) is 2. The lowest BCUT2D eigenvalue weighted by molar-refractivity contribution is -0.152. The van der Waals surface area contributed by atoms with Gasteiger partial charge in [0.15, 0.2) is 0 Å². The molecular weight excluding hydrogens is 460 g/mol. The van der Waals surface area contributed by atoms with E-state index in [9.17, 15) is 14.7 Å². The first kappa shape index (κ1) is 27.7. The molecule has 9 heteroatoms. The van der Waals surface area contributed by atoms with Crippen molar-refractivity contribution >= 4 is 17.3 Å². The molecule has 0 amide bonds. The Balaban J connectivity index is 1.90. The van der Waals surface area contributed by atoms with Gasteiger partial charge in [0.25, 0.3) is 5.56 Å². The number of aliphatic hydroxyl groups excluding tert-OH is 1. The Morgan fingerprint density at radius 2 is 1.97 bits per heavy atom. The van der Waals surface area contributed by atoms with Crippen molar-refractivity contribution in [2.24, 2.45) is 7.05 Å². The summed E-state index contributed by atoms with van der Waals surface area (Å²) in [6.07, 6.45) is 1.44. The predicted octanol–water partition coefficient (Wildman–Crippen LogP) is 2.84. The molecule has 0 saturated carbocycles. The number of carbonyl (C=O) groups excluding carboxylic acids is 1. The van der Waals surface area contributed by atoms with Gasteiger partial charge in [-0.3, -0.25) is 14.9 Å². The van der Waals surface area contributed by atoms with Crippen LogP contribution < -0.4 is 21.1 Å². The van der Waals surface area contributed by atoms with Gasteiger partial charge in [-0.05, 0) is 57.9 Å². The number of pyridine rings is 1. The maximum absolute atomic E-state index is 12.4. The van der Waals surface area contributed by atoms with Crippen LogP contribution in [0.4, 0.5) is 11.4 Å². The molecule has 1 aliphatic heterocycles. The van der Waals surface area contributed by atoms with Crippen LogP contribution in [0.25, 0.3) is 0 Å². The molecule has 3 N–H and O–H groups in total. The van der Waals surface area contributed by atoms with Crippen LogP contribution in [0, 0.1) is 6.92 Å². The van der Waals surface area contributed by atoms with Gasteiger partial charge in [-0.2, -0.15) is 0 Å². The molecule has 0 saturated heterocycles. The molecule has 4 atom stereocenters. The maximum Gasteiger partial charge on any atom is 0.326 e. The van der Waals surface area contributed by atoms with Crippen LogP contribution in [-0.2, 0) is 27.9 Å². The second kappa shape index (κ2) is 11.9. The molecule has 0 spiro atoms. The van der Waals surface area contributed by atoms with E-state index in [0.717, 1.165) is 28.9 Å². The molecule has 36 heavy (non-hydrogen) atoms. The highest BCUT2D eigenvalue weighted by Crippen LogP contribution is 2.43. The van der Waals surface area contributed by atoms with Crippen LogP contribution in [0.5, 0.6) is 0 Å². The molecule has 4 unspecified atom stereocenters. The van der Waals surface area contributed by atoms with E-state index in [1.54, 1.807) is 39.5 Å². The summed E-state index contributed by atoms with van der Waals surface area (Å²) < 4.78 is 12.4. The SMILES string of the molecule is CCC(COC)N1c2ccc(CNC(C(=O)OC(C)C)C(C)O)cc2NC1c1cc(C)c(=O)n(C)c1. The highest BCUT2D eigenvalue weighted by Gasteiger charge is 2.35. The predicted molar refractivity (Wildman–Crippen MR) is 141 cm³/mol. The zero-order chi connectivity index (χ0) is 26.6. The van der Waals surface area contributed by atoms with E-state index >= 15 is 0 Å². The summed E-state index contributed by atoms with van der Waals surface area (Å²) in [5.41, 5.74) is 4.63. The van der Waals surface area contributed by atoms with Gasteiger partial charge >= 0.3 is 5.97 Å². The number of nitrogens with zero attached hydrogens (tertiary/aromatic N) is 2. The number of fused-ring (bicyclic) bond motifs is 1. The quantitative estimate of drug-likeness (QED) is 0.405. The summed E-state index contributed by atoms with van der Waals surface area (Å²) >= 11 is 0. The summed E-state index contributed by atoms with van der Waals surface area (Å²) in [4.78, 5) is 27.0. The molecule has 3 rings (SSSR count). The minimum Gasteiger partial charge on any atom is -0.462 e. The Bertz CT molecular complexity index is 1090. The monoisotopic (exact) mass is 500 g/mol. The number of carbonyl (C=O) groups is 1. The van der Waals surface area contributed by atoms with E-state index in [1.807, 2.05) is 25.3 Å². The van der Waals surface area contributed by atoms with Crippen molar-refractivity contribution in [2.45, 2.75) is 78.0 Å². The molecule has 0 radical (unpaired) electrons. The maximum atomic E-state index is 12.4. The molecule has 0 bridgehead atoms. The molecule has 0 fully saturated rings. The van der Waals surface area contributed by atoms with E-state index in [4.69, 9.17) is 9.47 Å². The molecular formula is C27H40N4O5. The molecule has 1 aliphatic rings. The number of aryl methyl sites for hydroxylation is 2. The first-order valence-electron chi connectivity index (χ1n) is 12.5. The highest BCUT2D eigenvalue weighted by molar-refractivity contribution is 5.78. The average molecular weight is 501 g/mol. The number of ether oxygens (including phenoxy) is 2. The van der Waals surface area contributed by atoms with Crippen LogP contribution in [0.15, 0.2) is 35.3 Å². The van der Waals surface area contributed by atoms with Gasteiger partial charge in [0.2, 0.25) is 0 Å². The van der Waals surface area contributed by atoms with Gasteiger partial charge < -0.3 is 29.4 Å². The first-order chi connectivity index (χ1) is 17.1. The summed E-state index contributed by atoms with van der Waals surface area (Å²) in [7, 11) is 3.47.